The second-order valence-corrected chi connectivity index (χ2v) is 6.06. The van der Waals surface area contributed by atoms with Crippen LogP contribution in [0.3, 0.4) is 0 Å². The zero-order chi connectivity index (χ0) is 14.7. The van der Waals surface area contributed by atoms with Crippen molar-refractivity contribution in [3.8, 4) is 0 Å². The van der Waals surface area contributed by atoms with Crippen LogP contribution in [0.15, 0.2) is 18.2 Å². The van der Waals surface area contributed by atoms with Gasteiger partial charge in [-0.2, -0.15) is 0 Å². The van der Waals surface area contributed by atoms with Gasteiger partial charge in [-0.1, -0.05) is 11.6 Å². The molecule has 1 aliphatic heterocycles. The predicted octanol–water partition coefficient (Wildman–Crippen LogP) is 3.18. The van der Waals surface area contributed by atoms with Crippen LogP contribution in [-0.4, -0.2) is 41.7 Å². The predicted molar refractivity (Wildman–Crippen MR) is 81.7 cm³/mol. The summed E-state index contributed by atoms with van der Waals surface area (Å²) in [7, 11) is 0. The summed E-state index contributed by atoms with van der Waals surface area (Å²) in [5.41, 5.74) is 0.876. The van der Waals surface area contributed by atoms with Crippen LogP contribution in [0.2, 0.25) is 5.02 Å². The molecule has 1 unspecified atom stereocenters. The molecule has 2 N–H and O–H groups in total. The van der Waals surface area contributed by atoms with Crippen molar-refractivity contribution in [2.24, 2.45) is 5.92 Å². The third-order valence-electron chi connectivity index (χ3n) is 3.84. The molecule has 0 aliphatic carbocycles. The Morgan fingerprint density at radius 2 is 2.30 bits per heavy atom. The van der Waals surface area contributed by atoms with Crippen LogP contribution in [0, 0.1) is 5.92 Å². The van der Waals surface area contributed by atoms with Crippen LogP contribution in [0.1, 0.15) is 30.6 Å². The highest BCUT2D eigenvalue weighted by atomic mass is 35.5. The number of hydrogen-bond donors (Lipinski definition) is 2. The minimum Gasteiger partial charge on any atom is -0.478 e. The molecular formula is C15H21ClN2O2. The van der Waals surface area contributed by atoms with E-state index in [-0.39, 0.29) is 5.56 Å². The molecule has 110 valence electrons. The van der Waals surface area contributed by atoms with Crippen LogP contribution in [0.25, 0.3) is 0 Å². The second kappa shape index (κ2) is 6.46. The first-order valence-electron chi connectivity index (χ1n) is 6.98. The van der Waals surface area contributed by atoms with Crippen LogP contribution in [0.5, 0.6) is 0 Å². The van der Waals surface area contributed by atoms with Gasteiger partial charge in [-0.15, -0.1) is 0 Å². The van der Waals surface area contributed by atoms with Gasteiger partial charge in [0.05, 0.1) is 5.56 Å². The van der Waals surface area contributed by atoms with Gasteiger partial charge in [0.2, 0.25) is 0 Å². The number of nitrogens with zero attached hydrogens (tertiary/aromatic N) is 1. The smallest absolute Gasteiger partial charge is 0.337 e. The topological polar surface area (TPSA) is 52.6 Å². The summed E-state index contributed by atoms with van der Waals surface area (Å²) in [6.07, 6.45) is 1.15. The van der Waals surface area contributed by atoms with E-state index in [1.54, 1.807) is 12.1 Å². The van der Waals surface area contributed by atoms with E-state index in [0.29, 0.717) is 22.7 Å². The Kier molecular flexibility index (Phi) is 4.89. The molecule has 0 bridgehead atoms. The van der Waals surface area contributed by atoms with Crippen LogP contribution >= 0.6 is 11.6 Å². The summed E-state index contributed by atoms with van der Waals surface area (Å²) in [5.74, 6) is -0.389. The number of carboxylic acid groups (broad SMARTS) is 1. The number of halogens is 1. The quantitative estimate of drug-likeness (QED) is 0.876. The molecule has 1 atom stereocenters. The van der Waals surface area contributed by atoms with Crippen molar-refractivity contribution in [3.63, 3.8) is 0 Å². The Labute approximate surface area is 124 Å². The molecule has 0 aromatic heterocycles. The van der Waals surface area contributed by atoms with Crippen LogP contribution in [-0.2, 0) is 0 Å². The van der Waals surface area contributed by atoms with Gasteiger partial charge >= 0.3 is 5.97 Å². The number of hydrogen-bond acceptors (Lipinski definition) is 3. The minimum atomic E-state index is -0.953. The average Bonchev–Trinajstić information content (AvgIpc) is 2.86. The first kappa shape index (κ1) is 15.1. The molecule has 0 saturated carbocycles. The molecule has 1 aromatic carbocycles. The Balaban J connectivity index is 1.96. The highest BCUT2D eigenvalue weighted by Crippen LogP contribution is 2.23. The maximum atomic E-state index is 11.2. The molecule has 2 rings (SSSR count). The number of likely N-dealkylation sites (tertiary alicyclic amines) is 1. The van der Waals surface area contributed by atoms with Crippen molar-refractivity contribution < 1.29 is 9.90 Å². The van der Waals surface area contributed by atoms with Gasteiger partial charge in [0.25, 0.3) is 0 Å². The molecule has 0 amide bonds. The Hall–Kier alpha value is -1.26. The molecule has 0 radical (unpaired) electrons. The fourth-order valence-corrected chi connectivity index (χ4v) is 2.77. The van der Waals surface area contributed by atoms with Crippen molar-refractivity contribution in [2.75, 3.05) is 25.0 Å². The van der Waals surface area contributed by atoms with Crippen molar-refractivity contribution >= 4 is 23.3 Å². The number of anilines is 1. The molecule has 1 heterocycles. The fraction of sp³-hybridized carbons (Fsp3) is 0.533. The lowest BCUT2D eigenvalue weighted by Crippen LogP contribution is -2.29. The molecule has 1 saturated heterocycles. The van der Waals surface area contributed by atoms with E-state index in [1.807, 2.05) is 0 Å². The van der Waals surface area contributed by atoms with Gasteiger partial charge in [0.1, 0.15) is 0 Å². The highest BCUT2D eigenvalue weighted by Gasteiger charge is 2.24. The maximum absolute atomic E-state index is 11.2. The molecule has 4 nitrogen and oxygen atoms in total. The number of carboxylic acids is 1. The zero-order valence-electron chi connectivity index (χ0n) is 11.9. The Bertz CT molecular complexity index is 491. The van der Waals surface area contributed by atoms with E-state index >= 15 is 0 Å². The molecule has 5 heteroatoms. The second-order valence-electron chi connectivity index (χ2n) is 5.62. The highest BCUT2D eigenvalue weighted by molar-refractivity contribution is 6.31. The van der Waals surface area contributed by atoms with Crippen LogP contribution in [0.4, 0.5) is 5.69 Å². The number of benzene rings is 1. The van der Waals surface area contributed by atoms with Crippen molar-refractivity contribution in [1.82, 2.24) is 4.90 Å². The van der Waals surface area contributed by atoms with Crippen LogP contribution < -0.4 is 5.32 Å². The lowest BCUT2D eigenvalue weighted by molar-refractivity contribution is 0.0698. The van der Waals surface area contributed by atoms with Crippen molar-refractivity contribution in [1.29, 1.82) is 0 Å². The summed E-state index contributed by atoms with van der Waals surface area (Å²) in [5, 5.41) is 12.9. The summed E-state index contributed by atoms with van der Waals surface area (Å²) < 4.78 is 0. The number of nitrogens with one attached hydrogen (secondary N) is 1. The Morgan fingerprint density at radius 1 is 1.55 bits per heavy atom. The van der Waals surface area contributed by atoms with E-state index in [9.17, 15) is 9.90 Å². The summed E-state index contributed by atoms with van der Waals surface area (Å²) in [6.45, 7) is 7.40. The number of rotatable bonds is 5. The summed E-state index contributed by atoms with van der Waals surface area (Å²) in [6, 6.07) is 5.51. The van der Waals surface area contributed by atoms with E-state index in [2.05, 4.69) is 24.1 Å². The van der Waals surface area contributed by atoms with Gasteiger partial charge < -0.3 is 15.3 Å². The third kappa shape index (κ3) is 3.64. The lowest BCUT2D eigenvalue weighted by atomic mass is 10.1. The van der Waals surface area contributed by atoms with Crippen molar-refractivity contribution in [3.05, 3.63) is 28.8 Å². The molecule has 1 fully saturated rings. The molecule has 1 aliphatic rings. The van der Waals surface area contributed by atoms with E-state index in [1.165, 1.54) is 6.07 Å². The standard InChI is InChI=1S/C15H21ClN2O2/c1-10(2)18-6-5-11(9-18)8-17-14-4-3-12(16)7-13(14)15(19)20/h3-4,7,10-11,17H,5-6,8-9H2,1-2H3,(H,19,20). The van der Waals surface area contributed by atoms with E-state index in [4.69, 9.17) is 11.6 Å². The first-order chi connectivity index (χ1) is 9.47. The molecule has 0 spiro atoms. The molecular weight excluding hydrogens is 276 g/mol. The first-order valence-corrected chi connectivity index (χ1v) is 7.36. The average molecular weight is 297 g/mol. The molecule has 1 aromatic rings. The fourth-order valence-electron chi connectivity index (χ4n) is 2.60. The van der Waals surface area contributed by atoms with E-state index in [0.717, 1.165) is 26.1 Å². The normalized spacial score (nSPS) is 19.5. The SMILES string of the molecule is CC(C)N1CCC(CNc2ccc(Cl)cc2C(=O)O)C1. The van der Waals surface area contributed by atoms with Gasteiger partial charge in [-0.05, 0) is 50.9 Å². The Morgan fingerprint density at radius 3 is 2.90 bits per heavy atom. The largest absolute Gasteiger partial charge is 0.478 e. The number of carbonyl (C=O) groups is 1. The number of aromatic carboxylic acids is 1. The summed E-state index contributed by atoms with van der Waals surface area (Å²) >= 11 is 5.84. The minimum absolute atomic E-state index is 0.233. The maximum Gasteiger partial charge on any atom is 0.337 e. The van der Waals surface area contributed by atoms with Gasteiger partial charge in [0, 0.05) is 29.8 Å². The van der Waals surface area contributed by atoms with Gasteiger partial charge in [0.15, 0.2) is 0 Å². The third-order valence-corrected chi connectivity index (χ3v) is 4.08. The van der Waals surface area contributed by atoms with Gasteiger partial charge in [-0.25, -0.2) is 4.79 Å². The monoisotopic (exact) mass is 296 g/mol. The van der Waals surface area contributed by atoms with E-state index < -0.39 is 5.97 Å². The van der Waals surface area contributed by atoms with Gasteiger partial charge in [-0.3, -0.25) is 0 Å². The summed E-state index contributed by atoms with van der Waals surface area (Å²) in [4.78, 5) is 13.7. The lowest BCUT2D eigenvalue weighted by Gasteiger charge is -2.20. The van der Waals surface area contributed by atoms with Crippen molar-refractivity contribution in [2.45, 2.75) is 26.3 Å². The zero-order valence-corrected chi connectivity index (χ0v) is 12.7. The molecule has 20 heavy (non-hydrogen) atoms.